The van der Waals surface area contributed by atoms with Gasteiger partial charge < -0.3 is 10.6 Å². The summed E-state index contributed by atoms with van der Waals surface area (Å²) in [4.78, 5) is 11.8. The summed E-state index contributed by atoms with van der Waals surface area (Å²) >= 11 is 0. The van der Waals surface area contributed by atoms with E-state index in [-0.39, 0.29) is 11.8 Å². The van der Waals surface area contributed by atoms with E-state index in [1.807, 2.05) is 0 Å². The van der Waals surface area contributed by atoms with Gasteiger partial charge in [-0.3, -0.25) is 4.79 Å². The Bertz CT molecular complexity index is 202. The summed E-state index contributed by atoms with van der Waals surface area (Å²) in [6.07, 6.45) is 4.02. The lowest BCUT2D eigenvalue weighted by Gasteiger charge is -2.29. The molecule has 1 saturated heterocycles. The lowest BCUT2D eigenvalue weighted by molar-refractivity contribution is -0.126. The number of piperidine rings is 1. The molecule has 1 amide bonds. The van der Waals surface area contributed by atoms with Gasteiger partial charge >= 0.3 is 0 Å². The van der Waals surface area contributed by atoms with Crippen LogP contribution in [0.1, 0.15) is 46.5 Å². The topological polar surface area (TPSA) is 41.1 Å². The van der Waals surface area contributed by atoms with Crippen LogP contribution in [0.4, 0.5) is 0 Å². The van der Waals surface area contributed by atoms with Gasteiger partial charge in [0, 0.05) is 18.0 Å². The minimum Gasteiger partial charge on any atom is -0.353 e. The zero-order valence-corrected chi connectivity index (χ0v) is 10.2. The monoisotopic (exact) mass is 212 g/mol. The Morgan fingerprint density at radius 2 is 2.13 bits per heavy atom. The first-order valence-corrected chi connectivity index (χ1v) is 6.21. The maximum atomic E-state index is 11.8. The average molecular weight is 212 g/mol. The third kappa shape index (κ3) is 3.82. The minimum atomic E-state index is 0.204. The molecule has 1 fully saturated rings. The summed E-state index contributed by atoms with van der Waals surface area (Å²) in [5, 5.41) is 6.56. The highest BCUT2D eigenvalue weighted by Gasteiger charge is 2.22. The molecular formula is C12H24N2O. The summed E-state index contributed by atoms with van der Waals surface area (Å²) in [6.45, 7) is 7.36. The summed E-state index contributed by atoms with van der Waals surface area (Å²) < 4.78 is 0. The van der Waals surface area contributed by atoms with Gasteiger partial charge in [-0.15, -0.1) is 0 Å². The van der Waals surface area contributed by atoms with Crippen LogP contribution < -0.4 is 10.6 Å². The Labute approximate surface area is 93.0 Å². The molecule has 3 nitrogen and oxygen atoms in total. The number of hydrogen-bond donors (Lipinski definition) is 2. The van der Waals surface area contributed by atoms with E-state index in [4.69, 9.17) is 0 Å². The Morgan fingerprint density at radius 3 is 2.67 bits per heavy atom. The van der Waals surface area contributed by atoms with Crippen molar-refractivity contribution in [3.05, 3.63) is 0 Å². The van der Waals surface area contributed by atoms with Crippen molar-refractivity contribution >= 4 is 5.91 Å². The highest BCUT2D eigenvalue weighted by Crippen LogP contribution is 2.12. The largest absolute Gasteiger partial charge is 0.353 e. The van der Waals surface area contributed by atoms with Gasteiger partial charge in [-0.25, -0.2) is 0 Å². The molecule has 0 saturated carbocycles. The summed E-state index contributed by atoms with van der Waals surface area (Å²) in [5.74, 6) is 0.453. The number of carbonyl (C=O) groups is 1. The predicted octanol–water partition coefficient (Wildman–Crippen LogP) is 1.68. The second-order valence-electron chi connectivity index (χ2n) is 4.60. The van der Waals surface area contributed by atoms with Crippen LogP contribution in [0.3, 0.4) is 0 Å². The molecular weight excluding hydrogens is 188 g/mol. The van der Waals surface area contributed by atoms with Crippen LogP contribution in [-0.4, -0.2) is 24.5 Å². The molecule has 0 spiro atoms. The van der Waals surface area contributed by atoms with Gasteiger partial charge in [0.05, 0.1) is 0 Å². The van der Waals surface area contributed by atoms with Gasteiger partial charge in [0.25, 0.3) is 0 Å². The highest BCUT2D eigenvalue weighted by molar-refractivity contribution is 5.78. The van der Waals surface area contributed by atoms with Crippen molar-refractivity contribution in [2.75, 3.05) is 6.54 Å². The number of hydrogen-bond acceptors (Lipinski definition) is 2. The lowest BCUT2D eigenvalue weighted by atomic mass is 9.98. The molecule has 0 aromatic heterocycles. The molecule has 2 unspecified atom stereocenters. The van der Waals surface area contributed by atoms with Gasteiger partial charge in [0.15, 0.2) is 0 Å². The fourth-order valence-corrected chi connectivity index (χ4v) is 2.24. The van der Waals surface area contributed by atoms with Crippen LogP contribution in [0.25, 0.3) is 0 Å². The van der Waals surface area contributed by atoms with Crippen LogP contribution in [0, 0.1) is 5.92 Å². The number of amides is 1. The molecule has 2 N–H and O–H groups in total. The number of nitrogens with one attached hydrogen (secondary N) is 2. The lowest BCUT2D eigenvalue weighted by Crippen LogP contribution is -2.47. The van der Waals surface area contributed by atoms with E-state index < -0.39 is 0 Å². The van der Waals surface area contributed by atoms with E-state index in [0.717, 1.165) is 32.2 Å². The molecule has 0 aromatic rings. The van der Waals surface area contributed by atoms with Crippen molar-refractivity contribution < 1.29 is 4.79 Å². The fourth-order valence-electron chi connectivity index (χ4n) is 2.24. The van der Waals surface area contributed by atoms with Gasteiger partial charge in [-0.2, -0.15) is 0 Å². The minimum absolute atomic E-state index is 0.204. The van der Waals surface area contributed by atoms with Gasteiger partial charge in [-0.1, -0.05) is 13.8 Å². The van der Waals surface area contributed by atoms with Crippen LogP contribution in [-0.2, 0) is 4.79 Å². The summed E-state index contributed by atoms with van der Waals surface area (Å²) in [6, 6.07) is 0.917. The average Bonchev–Trinajstić information content (AvgIpc) is 2.19. The van der Waals surface area contributed by atoms with Crippen molar-refractivity contribution in [1.82, 2.24) is 10.6 Å². The molecule has 2 atom stereocenters. The second kappa shape index (κ2) is 6.11. The van der Waals surface area contributed by atoms with Gasteiger partial charge in [-0.05, 0) is 39.2 Å². The molecule has 1 aliphatic heterocycles. The summed E-state index contributed by atoms with van der Waals surface area (Å²) in [7, 11) is 0. The molecule has 15 heavy (non-hydrogen) atoms. The zero-order chi connectivity index (χ0) is 11.3. The van der Waals surface area contributed by atoms with E-state index in [2.05, 4.69) is 31.4 Å². The van der Waals surface area contributed by atoms with E-state index in [1.165, 1.54) is 0 Å². The first-order chi connectivity index (χ1) is 7.17. The molecule has 0 aliphatic carbocycles. The van der Waals surface area contributed by atoms with E-state index in [1.54, 1.807) is 0 Å². The number of rotatable bonds is 4. The Kier molecular flexibility index (Phi) is 5.09. The fraction of sp³-hybridized carbons (Fsp3) is 0.917. The molecule has 3 heteroatoms. The molecule has 0 radical (unpaired) electrons. The number of carbonyl (C=O) groups excluding carboxylic acids is 1. The summed E-state index contributed by atoms with van der Waals surface area (Å²) in [5.41, 5.74) is 0. The van der Waals surface area contributed by atoms with Crippen LogP contribution in [0.15, 0.2) is 0 Å². The Hall–Kier alpha value is -0.570. The first-order valence-electron chi connectivity index (χ1n) is 6.21. The normalized spacial score (nSPS) is 26.7. The SMILES string of the molecule is CCC(CC)C(=O)NC1CCNC(C)C1. The molecule has 1 aliphatic rings. The van der Waals surface area contributed by atoms with Crippen molar-refractivity contribution in [3.63, 3.8) is 0 Å². The standard InChI is InChI=1S/C12H24N2O/c1-4-10(5-2)12(15)14-11-6-7-13-9(3)8-11/h9-11,13H,4-8H2,1-3H3,(H,14,15). The molecule has 0 aromatic carbocycles. The van der Waals surface area contributed by atoms with Crippen molar-refractivity contribution in [3.8, 4) is 0 Å². The van der Waals surface area contributed by atoms with Crippen LogP contribution >= 0.6 is 0 Å². The van der Waals surface area contributed by atoms with Crippen LogP contribution in [0.2, 0.25) is 0 Å². The molecule has 1 rings (SSSR count). The van der Waals surface area contributed by atoms with E-state index in [9.17, 15) is 4.79 Å². The van der Waals surface area contributed by atoms with E-state index in [0.29, 0.717) is 12.1 Å². The van der Waals surface area contributed by atoms with Crippen molar-refractivity contribution in [2.24, 2.45) is 5.92 Å². The second-order valence-corrected chi connectivity index (χ2v) is 4.60. The van der Waals surface area contributed by atoms with Gasteiger partial charge in [0.2, 0.25) is 5.91 Å². The van der Waals surface area contributed by atoms with Crippen molar-refractivity contribution in [1.29, 1.82) is 0 Å². The Balaban J connectivity index is 2.36. The molecule has 1 heterocycles. The third-order valence-corrected chi connectivity index (χ3v) is 3.33. The van der Waals surface area contributed by atoms with Crippen molar-refractivity contribution in [2.45, 2.75) is 58.5 Å². The maximum absolute atomic E-state index is 11.8. The smallest absolute Gasteiger partial charge is 0.223 e. The highest BCUT2D eigenvalue weighted by atomic mass is 16.1. The van der Waals surface area contributed by atoms with Gasteiger partial charge in [0.1, 0.15) is 0 Å². The predicted molar refractivity (Wildman–Crippen MR) is 62.7 cm³/mol. The van der Waals surface area contributed by atoms with E-state index >= 15 is 0 Å². The Morgan fingerprint density at radius 1 is 1.47 bits per heavy atom. The molecule has 0 bridgehead atoms. The molecule has 88 valence electrons. The first kappa shape index (κ1) is 12.5. The maximum Gasteiger partial charge on any atom is 0.223 e. The van der Waals surface area contributed by atoms with Crippen LogP contribution in [0.5, 0.6) is 0 Å². The zero-order valence-electron chi connectivity index (χ0n) is 10.2. The third-order valence-electron chi connectivity index (χ3n) is 3.33. The quantitative estimate of drug-likeness (QED) is 0.744.